The van der Waals surface area contributed by atoms with Crippen LogP contribution in [0.5, 0.6) is 0 Å². The van der Waals surface area contributed by atoms with Crippen molar-refractivity contribution in [2.24, 2.45) is 0 Å². The summed E-state index contributed by atoms with van der Waals surface area (Å²) in [7, 11) is 4.04. The van der Waals surface area contributed by atoms with Crippen LogP contribution >= 0.6 is 0 Å². The molecule has 0 saturated carbocycles. The maximum absolute atomic E-state index is 12.1. The van der Waals surface area contributed by atoms with Crippen LogP contribution in [0.2, 0.25) is 0 Å². The molecule has 114 valence electrons. The standard InChI is InChI=1S/C17H24N2O2/c1-14(11-12-19(2)3)18-17(21)16-9-7-15(8-10-16)6-4-5-13-20/h7-10,14,20H,5,11-13H2,1-3H3,(H,18,21). The van der Waals surface area contributed by atoms with E-state index >= 15 is 0 Å². The third-order valence-corrected chi connectivity index (χ3v) is 3.00. The SMILES string of the molecule is CC(CCN(C)C)NC(=O)c1ccc(C#CCCO)cc1. The first-order valence-electron chi connectivity index (χ1n) is 7.18. The summed E-state index contributed by atoms with van der Waals surface area (Å²) in [6.45, 7) is 3.02. The van der Waals surface area contributed by atoms with Crippen molar-refractivity contribution in [3.05, 3.63) is 35.4 Å². The number of benzene rings is 1. The monoisotopic (exact) mass is 288 g/mol. The van der Waals surface area contributed by atoms with Crippen molar-refractivity contribution in [3.63, 3.8) is 0 Å². The number of hydrogen-bond acceptors (Lipinski definition) is 3. The van der Waals surface area contributed by atoms with Crippen molar-refractivity contribution in [2.45, 2.75) is 25.8 Å². The van der Waals surface area contributed by atoms with Crippen molar-refractivity contribution >= 4 is 5.91 Å². The summed E-state index contributed by atoms with van der Waals surface area (Å²) in [6.07, 6.45) is 1.38. The zero-order chi connectivity index (χ0) is 15.7. The van der Waals surface area contributed by atoms with Crippen LogP contribution in [0.4, 0.5) is 0 Å². The first-order chi connectivity index (χ1) is 10.0. The first-order valence-corrected chi connectivity index (χ1v) is 7.18. The summed E-state index contributed by atoms with van der Waals surface area (Å²) in [4.78, 5) is 14.2. The molecule has 1 amide bonds. The minimum atomic E-state index is -0.0591. The Morgan fingerprint density at radius 3 is 2.57 bits per heavy atom. The van der Waals surface area contributed by atoms with Gasteiger partial charge in [-0.2, -0.15) is 0 Å². The number of nitrogens with zero attached hydrogens (tertiary/aromatic N) is 1. The van der Waals surface area contributed by atoms with E-state index in [0.29, 0.717) is 12.0 Å². The van der Waals surface area contributed by atoms with Gasteiger partial charge < -0.3 is 15.3 Å². The third kappa shape index (κ3) is 6.94. The Morgan fingerprint density at radius 2 is 2.00 bits per heavy atom. The van der Waals surface area contributed by atoms with Crippen molar-refractivity contribution < 1.29 is 9.90 Å². The van der Waals surface area contributed by atoms with Crippen molar-refractivity contribution in [1.82, 2.24) is 10.2 Å². The van der Waals surface area contributed by atoms with E-state index in [1.807, 2.05) is 33.2 Å². The average molecular weight is 288 g/mol. The van der Waals surface area contributed by atoms with Crippen LogP contribution < -0.4 is 5.32 Å². The smallest absolute Gasteiger partial charge is 0.251 e. The number of hydrogen-bond donors (Lipinski definition) is 2. The van der Waals surface area contributed by atoms with Gasteiger partial charge in [-0.15, -0.1) is 0 Å². The molecule has 0 aliphatic rings. The molecule has 1 aromatic rings. The molecule has 0 bridgehead atoms. The summed E-state index contributed by atoms with van der Waals surface area (Å²) in [5, 5.41) is 11.7. The molecule has 1 unspecified atom stereocenters. The van der Waals surface area contributed by atoms with Crippen molar-refractivity contribution in [1.29, 1.82) is 0 Å². The average Bonchev–Trinajstić information content (AvgIpc) is 2.46. The molecule has 1 atom stereocenters. The highest BCUT2D eigenvalue weighted by atomic mass is 16.2. The molecule has 0 fully saturated rings. The molecule has 0 aromatic heterocycles. The van der Waals surface area contributed by atoms with Crippen LogP contribution in [0.25, 0.3) is 0 Å². The van der Waals surface area contributed by atoms with Crippen molar-refractivity contribution in [2.75, 3.05) is 27.2 Å². The fourth-order valence-electron chi connectivity index (χ4n) is 1.76. The van der Waals surface area contributed by atoms with E-state index in [1.165, 1.54) is 0 Å². The Hall–Kier alpha value is -1.83. The summed E-state index contributed by atoms with van der Waals surface area (Å²) >= 11 is 0. The minimum Gasteiger partial charge on any atom is -0.395 e. The fourth-order valence-corrected chi connectivity index (χ4v) is 1.76. The number of nitrogens with one attached hydrogen (secondary N) is 1. The number of aliphatic hydroxyl groups is 1. The van der Waals surface area contributed by atoms with Crippen LogP contribution in [0, 0.1) is 11.8 Å². The van der Waals surface area contributed by atoms with Gasteiger partial charge in [-0.1, -0.05) is 11.8 Å². The summed E-state index contributed by atoms with van der Waals surface area (Å²) < 4.78 is 0. The van der Waals surface area contributed by atoms with Gasteiger partial charge in [0.25, 0.3) is 5.91 Å². The number of carbonyl (C=O) groups is 1. The molecule has 1 aromatic carbocycles. The van der Waals surface area contributed by atoms with E-state index in [9.17, 15) is 4.79 Å². The lowest BCUT2D eigenvalue weighted by Gasteiger charge is -2.16. The van der Waals surface area contributed by atoms with Gasteiger partial charge in [0.15, 0.2) is 0 Å². The highest BCUT2D eigenvalue weighted by molar-refractivity contribution is 5.94. The number of amides is 1. The second-order valence-electron chi connectivity index (χ2n) is 5.32. The number of rotatable bonds is 6. The maximum Gasteiger partial charge on any atom is 0.251 e. The number of carbonyl (C=O) groups excluding carboxylic acids is 1. The molecule has 2 N–H and O–H groups in total. The predicted molar refractivity (Wildman–Crippen MR) is 85.1 cm³/mol. The van der Waals surface area contributed by atoms with Crippen LogP contribution in [0.3, 0.4) is 0 Å². The van der Waals surface area contributed by atoms with Gasteiger partial charge >= 0.3 is 0 Å². The zero-order valence-corrected chi connectivity index (χ0v) is 13.0. The largest absolute Gasteiger partial charge is 0.395 e. The van der Waals surface area contributed by atoms with Gasteiger partial charge in [-0.3, -0.25) is 4.79 Å². The van der Waals surface area contributed by atoms with E-state index in [0.717, 1.165) is 18.5 Å². The van der Waals surface area contributed by atoms with Crippen LogP contribution in [-0.2, 0) is 0 Å². The normalized spacial score (nSPS) is 11.7. The van der Waals surface area contributed by atoms with Gasteiger partial charge in [0.05, 0.1) is 6.61 Å². The Bertz CT molecular complexity index is 498. The maximum atomic E-state index is 12.1. The Balaban J connectivity index is 2.53. The molecule has 0 spiro atoms. The van der Waals surface area contributed by atoms with Crippen LogP contribution in [0.15, 0.2) is 24.3 Å². The lowest BCUT2D eigenvalue weighted by molar-refractivity contribution is 0.0937. The molecule has 0 radical (unpaired) electrons. The fraction of sp³-hybridized carbons (Fsp3) is 0.471. The number of aliphatic hydroxyl groups excluding tert-OH is 1. The highest BCUT2D eigenvalue weighted by Gasteiger charge is 2.09. The minimum absolute atomic E-state index is 0.0591. The van der Waals surface area contributed by atoms with Crippen LogP contribution in [0.1, 0.15) is 35.7 Å². The molecule has 0 heterocycles. The molecule has 0 aliphatic carbocycles. The van der Waals surface area contributed by atoms with E-state index in [-0.39, 0.29) is 18.6 Å². The lowest BCUT2D eigenvalue weighted by Crippen LogP contribution is -2.34. The zero-order valence-electron chi connectivity index (χ0n) is 13.0. The van der Waals surface area contributed by atoms with E-state index in [1.54, 1.807) is 12.1 Å². The van der Waals surface area contributed by atoms with Gasteiger partial charge in [-0.25, -0.2) is 0 Å². The lowest BCUT2D eigenvalue weighted by atomic mass is 10.1. The summed E-state index contributed by atoms with van der Waals surface area (Å²) in [5.74, 6) is 5.73. The Kier molecular flexibility index (Phi) is 7.52. The molecule has 1 rings (SSSR count). The quantitative estimate of drug-likeness (QED) is 0.780. The first kappa shape index (κ1) is 17.2. The second-order valence-corrected chi connectivity index (χ2v) is 5.32. The molecule has 4 heteroatoms. The van der Waals surface area contributed by atoms with Crippen molar-refractivity contribution in [3.8, 4) is 11.8 Å². The predicted octanol–water partition coefficient (Wildman–Crippen LogP) is 1.49. The molecular weight excluding hydrogens is 264 g/mol. The molecular formula is C17H24N2O2. The molecule has 0 saturated heterocycles. The van der Waals surface area contributed by atoms with Gasteiger partial charge in [-0.05, 0) is 58.3 Å². The molecule has 21 heavy (non-hydrogen) atoms. The molecule has 4 nitrogen and oxygen atoms in total. The van der Waals surface area contributed by atoms with E-state index in [4.69, 9.17) is 5.11 Å². The molecule has 0 aliphatic heterocycles. The third-order valence-electron chi connectivity index (χ3n) is 3.00. The Labute approximate surface area is 127 Å². The highest BCUT2D eigenvalue weighted by Crippen LogP contribution is 2.04. The van der Waals surface area contributed by atoms with Gasteiger partial charge in [0.1, 0.15) is 0 Å². The van der Waals surface area contributed by atoms with Gasteiger partial charge in [0.2, 0.25) is 0 Å². The second kappa shape index (κ2) is 9.17. The van der Waals surface area contributed by atoms with E-state index in [2.05, 4.69) is 22.1 Å². The summed E-state index contributed by atoms with van der Waals surface area (Å²) in [6, 6.07) is 7.34. The topological polar surface area (TPSA) is 52.6 Å². The van der Waals surface area contributed by atoms with E-state index < -0.39 is 0 Å². The van der Waals surface area contributed by atoms with Gasteiger partial charge in [0, 0.05) is 23.6 Å². The Morgan fingerprint density at radius 1 is 1.33 bits per heavy atom. The van der Waals surface area contributed by atoms with Crippen LogP contribution in [-0.4, -0.2) is 49.2 Å². The summed E-state index contributed by atoms with van der Waals surface area (Å²) in [5.41, 5.74) is 1.49.